The Morgan fingerprint density at radius 1 is 1.28 bits per heavy atom. The first-order chi connectivity index (χ1) is 12.2. The summed E-state index contributed by atoms with van der Waals surface area (Å²) >= 11 is 1.40. The van der Waals surface area contributed by atoms with E-state index in [1.54, 1.807) is 18.2 Å². The van der Waals surface area contributed by atoms with Crippen LogP contribution in [0.2, 0.25) is 0 Å². The Bertz CT molecular complexity index is 680. The third kappa shape index (κ3) is 5.36. The minimum atomic E-state index is -0.264. The summed E-state index contributed by atoms with van der Waals surface area (Å²) in [6, 6.07) is 9.96. The molecule has 1 amide bonds. The summed E-state index contributed by atoms with van der Waals surface area (Å²) in [5, 5.41) is 2.90. The highest BCUT2D eigenvalue weighted by atomic mass is 32.1. The summed E-state index contributed by atoms with van der Waals surface area (Å²) in [7, 11) is 0. The minimum absolute atomic E-state index is 0.0857. The van der Waals surface area contributed by atoms with Gasteiger partial charge in [-0.15, -0.1) is 11.3 Å². The third-order valence-corrected chi connectivity index (χ3v) is 5.17. The van der Waals surface area contributed by atoms with Gasteiger partial charge in [0, 0.05) is 24.6 Å². The molecule has 0 bridgehead atoms. The van der Waals surface area contributed by atoms with Crippen LogP contribution in [0.15, 0.2) is 36.4 Å². The Labute approximate surface area is 151 Å². The predicted octanol–water partition coefficient (Wildman–Crippen LogP) is 3.87. The number of benzene rings is 1. The molecule has 2 aromatic rings. The number of ether oxygens (including phenoxy) is 2. The molecular formula is C19H22FNO3S. The third-order valence-electron chi connectivity index (χ3n) is 4.04. The van der Waals surface area contributed by atoms with Gasteiger partial charge in [-0.3, -0.25) is 4.79 Å². The second-order valence-corrected chi connectivity index (χ2v) is 7.07. The molecular weight excluding hydrogens is 341 g/mol. The normalized spacial score (nSPS) is 16.9. The number of carbonyl (C=O) groups is 1. The van der Waals surface area contributed by atoms with Gasteiger partial charge in [-0.2, -0.15) is 0 Å². The van der Waals surface area contributed by atoms with Gasteiger partial charge in [-0.1, -0.05) is 12.1 Å². The molecule has 1 saturated heterocycles. The Kier molecular flexibility index (Phi) is 6.55. The number of amides is 1. The van der Waals surface area contributed by atoms with Gasteiger partial charge >= 0.3 is 0 Å². The van der Waals surface area contributed by atoms with E-state index in [9.17, 15) is 9.18 Å². The number of hydrogen-bond acceptors (Lipinski definition) is 4. The van der Waals surface area contributed by atoms with Crippen LogP contribution < -0.4 is 5.32 Å². The number of rotatable bonds is 8. The maximum atomic E-state index is 13.0. The summed E-state index contributed by atoms with van der Waals surface area (Å²) in [6.45, 7) is 2.67. The molecule has 4 nitrogen and oxygen atoms in total. The van der Waals surface area contributed by atoms with Crippen molar-refractivity contribution in [2.45, 2.75) is 25.4 Å². The van der Waals surface area contributed by atoms with Gasteiger partial charge in [0.05, 0.1) is 17.6 Å². The fourth-order valence-corrected chi connectivity index (χ4v) is 3.61. The zero-order valence-corrected chi connectivity index (χ0v) is 14.8. The van der Waals surface area contributed by atoms with E-state index < -0.39 is 0 Å². The van der Waals surface area contributed by atoms with Crippen LogP contribution in [0.1, 0.15) is 28.9 Å². The lowest BCUT2D eigenvalue weighted by Crippen LogP contribution is -2.25. The molecule has 1 aromatic heterocycles. The van der Waals surface area contributed by atoms with E-state index in [-0.39, 0.29) is 17.8 Å². The Morgan fingerprint density at radius 3 is 2.88 bits per heavy atom. The fraction of sp³-hybridized carbons (Fsp3) is 0.421. The molecule has 134 valence electrons. The van der Waals surface area contributed by atoms with Gasteiger partial charge < -0.3 is 14.8 Å². The summed E-state index contributed by atoms with van der Waals surface area (Å²) < 4.78 is 24.0. The number of hydrogen-bond donors (Lipinski definition) is 1. The quantitative estimate of drug-likeness (QED) is 0.724. The zero-order chi connectivity index (χ0) is 17.5. The average molecular weight is 363 g/mol. The highest BCUT2D eigenvalue weighted by Gasteiger charge is 2.15. The summed E-state index contributed by atoms with van der Waals surface area (Å²) in [4.78, 5) is 13.8. The van der Waals surface area contributed by atoms with Crippen LogP contribution in [-0.4, -0.2) is 38.4 Å². The van der Waals surface area contributed by atoms with E-state index in [1.807, 2.05) is 6.07 Å². The van der Waals surface area contributed by atoms with Crippen LogP contribution in [0.3, 0.4) is 0 Å². The summed E-state index contributed by atoms with van der Waals surface area (Å²) in [5.74, 6) is -0.350. The summed E-state index contributed by atoms with van der Waals surface area (Å²) in [6.07, 6.45) is 3.20. The lowest BCUT2D eigenvalue weighted by atomic mass is 10.2. The number of thiophene rings is 1. The van der Waals surface area contributed by atoms with Crippen molar-refractivity contribution in [1.29, 1.82) is 0 Å². The van der Waals surface area contributed by atoms with Crippen LogP contribution in [0, 0.1) is 5.82 Å². The molecule has 1 aromatic carbocycles. The van der Waals surface area contributed by atoms with Gasteiger partial charge in [-0.25, -0.2) is 4.39 Å². The Hall–Kier alpha value is -1.76. The van der Waals surface area contributed by atoms with Crippen molar-refractivity contribution in [3.05, 3.63) is 47.1 Å². The number of nitrogens with one attached hydrogen (secondary N) is 1. The molecule has 1 atom stereocenters. The van der Waals surface area contributed by atoms with Crippen LogP contribution >= 0.6 is 11.3 Å². The van der Waals surface area contributed by atoms with E-state index in [2.05, 4.69) is 5.32 Å². The average Bonchev–Trinajstić information content (AvgIpc) is 3.30. The Balaban J connectivity index is 1.37. The van der Waals surface area contributed by atoms with E-state index in [0.29, 0.717) is 24.6 Å². The second-order valence-electron chi connectivity index (χ2n) is 5.99. The molecule has 3 rings (SSSR count). The fourth-order valence-electron chi connectivity index (χ4n) is 2.68. The van der Waals surface area contributed by atoms with E-state index in [4.69, 9.17) is 9.47 Å². The summed E-state index contributed by atoms with van der Waals surface area (Å²) in [5.41, 5.74) is 0.910. The van der Waals surface area contributed by atoms with E-state index in [0.717, 1.165) is 36.3 Å². The maximum Gasteiger partial charge on any atom is 0.261 e. The minimum Gasteiger partial charge on any atom is -0.379 e. The topological polar surface area (TPSA) is 47.6 Å². The van der Waals surface area contributed by atoms with Crippen molar-refractivity contribution in [1.82, 2.24) is 5.32 Å². The second kappa shape index (κ2) is 9.08. The van der Waals surface area contributed by atoms with E-state index >= 15 is 0 Å². The van der Waals surface area contributed by atoms with Crippen LogP contribution in [0.5, 0.6) is 0 Å². The molecule has 1 fully saturated rings. The molecule has 0 spiro atoms. The molecule has 6 heteroatoms. The van der Waals surface area contributed by atoms with E-state index in [1.165, 1.54) is 23.5 Å². The van der Waals surface area contributed by atoms with Crippen molar-refractivity contribution >= 4 is 17.2 Å². The van der Waals surface area contributed by atoms with Gasteiger partial charge in [0.25, 0.3) is 5.91 Å². The SMILES string of the molecule is O=C(NCCCOCC1CCCO1)c1ccc(-c2ccc(F)cc2)s1. The van der Waals surface area contributed by atoms with Crippen molar-refractivity contribution in [2.24, 2.45) is 0 Å². The van der Waals surface area contributed by atoms with Gasteiger partial charge in [0.15, 0.2) is 0 Å². The zero-order valence-electron chi connectivity index (χ0n) is 14.0. The van der Waals surface area contributed by atoms with Crippen molar-refractivity contribution in [2.75, 3.05) is 26.4 Å². The first-order valence-electron chi connectivity index (χ1n) is 8.56. The first-order valence-corrected chi connectivity index (χ1v) is 9.37. The maximum absolute atomic E-state index is 13.0. The molecule has 25 heavy (non-hydrogen) atoms. The van der Waals surface area contributed by atoms with Crippen molar-refractivity contribution in [3.8, 4) is 10.4 Å². The van der Waals surface area contributed by atoms with Crippen molar-refractivity contribution < 1.29 is 18.7 Å². The van der Waals surface area contributed by atoms with Gasteiger partial charge in [0.1, 0.15) is 5.82 Å². The molecule has 0 aliphatic carbocycles. The standard InChI is InChI=1S/C19H22FNO3S/c20-15-6-4-14(5-7-15)17-8-9-18(25-17)19(22)21-10-2-11-23-13-16-3-1-12-24-16/h4-9,16H,1-3,10-13H2,(H,21,22). The van der Waals surface area contributed by atoms with Crippen molar-refractivity contribution in [3.63, 3.8) is 0 Å². The predicted molar refractivity (Wildman–Crippen MR) is 96.5 cm³/mol. The smallest absolute Gasteiger partial charge is 0.261 e. The molecule has 1 unspecified atom stereocenters. The number of halogens is 1. The van der Waals surface area contributed by atoms with Gasteiger partial charge in [0.2, 0.25) is 0 Å². The molecule has 1 aliphatic rings. The van der Waals surface area contributed by atoms with Crippen LogP contribution in [0.25, 0.3) is 10.4 Å². The molecule has 1 N–H and O–H groups in total. The molecule has 2 heterocycles. The Morgan fingerprint density at radius 2 is 2.12 bits per heavy atom. The lowest BCUT2D eigenvalue weighted by molar-refractivity contribution is 0.0166. The number of carbonyl (C=O) groups excluding carboxylic acids is 1. The highest BCUT2D eigenvalue weighted by molar-refractivity contribution is 7.17. The lowest BCUT2D eigenvalue weighted by Gasteiger charge is -2.10. The molecule has 0 saturated carbocycles. The molecule has 0 radical (unpaired) electrons. The first kappa shape index (κ1) is 18.0. The monoisotopic (exact) mass is 363 g/mol. The highest BCUT2D eigenvalue weighted by Crippen LogP contribution is 2.28. The van der Waals surface area contributed by atoms with Gasteiger partial charge in [-0.05, 0) is 49.1 Å². The molecule has 1 aliphatic heterocycles. The van der Waals surface area contributed by atoms with Crippen LogP contribution in [-0.2, 0) is 9.47 Å². The largest absolute Gasteiger partial charge is 0.379 e. The van der Waals surface area contributed by atoms with Crippen LogP contribution in [0.4, 0.5) is 4.39 Å².